The van der Waals surface area contributed by atoms with Crippen molar-refractivity contribution in [3.05, 3.63) is 17.5 Å². The zero-order chi connectivity index (χ0) is 12.4. The topological polar surface area (TPSA) is 47.1 Å². The number of hydrogen-bond acceptors (Lipinski definition) is 3. The van der Waals surface area contributed by atoms with Crippen LogP contribution in [0.2, 0.25) is 0 Å². The molecule has 1 aromatic heterocycles. The zero-order valence-electron chi connectivity index (χ0n) is 11.2. The number of aromatic nitrogens is 2. The number of nitrogens with two attached hydrogens (primary N) is 1. The van der Waals surface area contributed by atoms with E-state index in [9.17, 15) is 0 Å². The molecule has 1 aromatic rings. The van der Waals surface area contributed by atoms with E-state index < -0.39 is 0 Å². The predicted octanol–water partition coefficient (Wildman–Crippen LogP) is 1.38. The van der Waals surface area contributed by atoms with Crippen LogP contribution in [0.3, 0.4) is 0 Å². The molecule has 0 radical (unpaired) electrons. The van der Waals surface area contributed by atoms with Gasteiger partial charge < -0.3 is 5.73 Å². The van der Waals surface area contributed by atoms with E-state index in [1.165, 1.54) is 12.1 Å². The largest absolute Gasteiger partial charge is 0.330 e. The van der Waals surface area contributed by atoms with Gasteiger partial charge in [0, 0.05) is 25.7 Å². The Hall–Kier alpha value is -0.870. The van der Waals surface area contributed by atoms with Crippen LogP contribution in [0.1, 0.15) is 31.7 Å². The van der Waals surface area contributed by atoms with Crippen molar-refractivity contribution in [2.75, 3.05) is 13.1 Å². The summed E-state index contributed by atoms with van der Waals surface area (Å²) >= 11 is 0. The summed E-state index contributed by atoms with van der Waals surface area (Å²) in [6, 6.07) is 2.84. The van der Waals surface area contributed by atoms with Crippen LogP contribution < -0.4 is 5.73 Å². The summed E-state index contributed by atoms with van der Waals surface area (Å²) in [7, 11) is 0. The average molecular weight is 236 g/mol. The maximum atomic E-state index is 5.77. The van der Waals surface area contributed by atoms with Gasteiger partial charge in [0.25, 0.3) is 0 Å². The Bertz CT molecular complexity index is 371. The number of likely N-dealkylation sites (tertiary alicyclic amines) is 1. The van der Waals surface area contributed by atoms with Gasteiger partial charge in [-0.2, -0.15) is 5.10 Å². The van der Waals surface area contributed by atoms with Gasteiger partial charge in [0.05, 0.1) is 11.4 Å². The Kier molecular flexibility index (Phi) is 3.84. The summed E-state index contributed by atoms with van der Waals surface area (Å²) in [5.74, 6) is 0.670. The number of hydrogen-bond donors (Lipinski definition) is 1. The Labute approximate surface area is 104 Å². The van der Waals surface area contributed by atoms with Gasteiger partial charge in [-0.05, 0) is 45.7 Å². The molecule has 1 aliphatic rings. The SMILES string of the molecule is CCn1nc(C)cc1CN1CC(CN)CC1C. The molecule has 2 unspecified atom stereocenters. The molecule has 0 aliphatic carbocycles. The molecule has 2 heterocycles. The third-order valence-corrected chi connectivity index (χ3v) is 3.77. The first-order valence-corrected chi connectivity index (χ1v) is 6.61. The number of aryl methyl sites for hydroxylation is 2. The first-order chi connectivity index (χ1) is 8.13. The third-order valence-electron chi connectivity index (χ3n) is 3.77. The molecule has 0 aromatic carbocycles. The van der Waals surface area contributed by atoms with Gasteiger partial charge in [-0.25, -0.2) is 0 Å². The quantitative estimate of drug-likeness (QED) is 0.859. The van der Waals surface area contributed by atoms with Crippen molar-refractivity contribution in [2.45, 2.75) is 46.3 Å². The van der Waals surface area contributed by atoms with Crippen molar-refractivity contribution in [3.63, 3.8) is 0 Å². The Morgan fingerprint density at radius 3 is 2.88 bits per heavy atom. The summed E-state index contributed by atoms with van der Waals surface area (Å²) < 4.78 is 2.11. The summed E-state index contributed by atoms with van der Waals surface area (Å²) in [5, 5.41) is 4.50. The van der Waals surface area contributed by atoms with Gasteiger partial charge in [0.2, 0.25) is 0 Å². The predicted molar refractivity (Wildman–Crippen MR) is 69.7 cm³/mol. The molecule has 17 heavy (non-hydrogen) atoms. The highest BCUT2D eigenvalue weighted by Gasteiger charge is 2.28. The molecule has 0 spiro atoms. The Morgan fingerprint density at radius 1 is 1.53 bits per heavy atom. The molecule has 0 bridgehead atoms. The van der Waals surface area contributed by atoms with Crippen LogP contribution in [0.4, 0.5) is 0 Å². The maximum absolute atomic E-state index is 5.77. The Morgan fingerprint density at radius 2 is 2.29 bits per heavy atom. The lowest BCUT2D eigenvalue weighted by Gasteiger charge is -2.21. The molecular formula is C13H24N4. The van der Waals surface area contributed by atoms with Crippen LogP contribution in [0.15, 0.2) is 6.07 Å². The van der Waals surface area contributed by atoms with E-state index in [1.807, 2.05) is 0 Å². The fourth-order valence-corrected chi connectivity index (χ4v) is 2.82. The van der Waals surface area contributed by atoms with Crippen LogP contribution >= 0.6 is 0 Å². The van der Waals surface area contributed by atoms with E-state index in [2.05, 4.69) is 41.5 Å². The van der Waals surface area contributed by atoms with Crippen LogP contribution in [-0.2, 0) is 13.1 Å². The van der Waals surface area contributed by atoms with E-state index in [-0.39, 0.29) is 0 Å². The second-order valence-corrected chi connectivity index (χ2v) is 5.21. The van der Waals surface area contributed by atoms with E-state index in [1.54, 1.807) is 0 Å². The van der Waals surface area contributed by atoms with Gasteiger partial charge in [-0.3, -0.25) is 9.58 Å². The molecule has 1 saturated heterocycles. The number of rotatable bonds is 4. The molecule has 96 valence electrons. The van der Waals surface area contributed by atoms with Crippen molar-refractivity contribution < 1.29 is 0 Å². The zero-order valence-corrected chi connectivity index (χ0v) is 11.2. The lowest BCUT2D eigenvalue weighted by molar-refractivity contribution is 0.248. The lowest BCUT2D eigenvalue weighted by Crippen LogP contribution is -2.28. The third kappa shape index (κ3) is 2.69. The minimum atomic E-state index is 0.643. The van der Waals surface area contributed by atoms with Crippen molar-refractivity contribution in [3.8, 4) is 0 Å². The van der Waals surface area contributed by atoms with Crippen LogP contribution in [0, 0.1) is 12.8 Å². The van der Waals surface area contributed by atoms with E-state index >= 15 is 0 Å². The summed E-state index contributed by atoms with van der Waals surface area (Å²) in [4.78, 5) is 2.53. The molecule has 1 aliphatic heterocycles. The van der Waals surface area contributed by atoms with E-state index in [0.29, 0.717) is 12.0 Å². The minimum Gasteiger partial charge on any atom is -0.330 e. The molecule has 4 heteroatoms. The normalized spacial score (nSPS) is 25.6. The van der Waals surface area contributed by atoms with Gasteiger partial charge in [-0.15, -0.1) is 0 Å². The highest BCUT2D eigenvalue weighted by atomic mass is 15.3. The fourth-order valence-electron chi connectivity index (χ4n) is 2.82. The van der Waals surface area contributed by atoms with E-state index in [0.717, 1.165) is 31.9 Å². The van der Waals surface area contributed by atoms with Gasteiger partial charge in [-0.1, -0.05) is 0 Å². The van der Waals surface area contributed by atoms with Crippen molar-refractivity contribution in [1.82, 2.24) is 14.7 Å². The second kappa shape index (κ2) is 5.19. The summed E-state index contributed by atoms with van der Waals surface area (Å²) in [5.41, 5.74) is 8.21. The highest BCUT2D eigenvalue weighted by Crippen LogP contribution is 2.24. The highest BCUT2D eigenvalue weighted by molar-refractivity contribution is 5.09. The monoisotopic (exact) mass is 236 g/mol. The minimum absolute atomic E-state index is 0.643. The van der Waals surface area contributed by atoms with Crippen LogP contribution in [0.5, 0.6) is 0 Å². The Balaban J connectivity index is 2.05. The maximum Gasteiger partial charge on any atom is 0.0597 e. The van der Waals surface area contributed by atoms with Crippen LogP contribution in [-0.4, -0.2) is 33.8 Å². The second-order valence-electron chi connectivity index (χ2n) is 5.21. The van der Waals surface area contributed by atoms with E-state index in [4.69, 9.17) is 5.73 Å². The standard InChI is InChI=1S/C13H24N4/c1-4-17-13(5-10(2)15-17)9-16-8-12(7-14)6-11(16)3/h5,11-12H,4,6-9,14H2,1-3H3. The molecule has 4 nitrogen and oxygen atoms in total. The molecule has 0 amide bonds. The molecule has 2 rings (SSSR count). The fraction of sp³-hybridized carbons (Fsp3) is 0.769. The molecule has 1 fully saturated rings. The smallest absolute Gasteiger partial charge is 0.0597 e. The molecule has 0 saturated carbocycles. The van der Waals surface area contributed by atoms with Crippen molar-refractivity contribution >= 4 is 0 Å². The van der Waals surface area contributed by atoms with Crippen molar-refractivity contribution in [2.24, 2.45) is 11.7 Å². The van der Waals surface area contributed by atoms with Crippen LogP contribution in [0.25, 0.3) is 0 Å². The number of nitrogens with zero attached hydrogens (tertiary/aromatic N) is 3. The first kappa shape index (κ1) is 12.6. The van der Waals surface area contributed by atoms with Gasteiger partial charge in [0.15, 0.2) is 0 Å². The first-order valence-electron chi connectivity index (χ1n) is 6.61. The molecule has 2 N–H and O–H groups in total. The average Bonchev–Trinajstić information content (AvgIpc) is 2.83. The lowest BCUT2D eigenvalue weighted by atomic mass is 10.1. The van der Waals surface area contributed by atoms with Gasteiger partial charge >= 0.3 is 0 Å². The molecular weight excluding hydrogens is 212 g/mol. The van der Waals surface area contributed by atoms with Crippen molar-refractivity contribution in [1.29, 1.82) is 0 Å². The van der Waals surface area contributed by atoms with Gasteiger partial charge in [0.1, 0.15) is 0 Å². The summed E-state index contributed by atoms with van der Waals surface area (Å²) in [6.45, 7) is 10.4. The summed E-state index contributed by atoms with van der Waals surface area (Å²) in [6.07, 6.45) is 1.23. The molecule has 2 atom stereocenters.